The van der Waals surface area contributed by atoms with Crippen molar-refractivity contribution < 1.29 is 4.39 Å². The van der Waals surface area contributed by atoms with Gasteiger partial charge in [0, 0.05) is 37.8 Å². The van der Waals surface area contributed by atoms with Gasteiger partial charge < -0.3 is 5.32 Å². The van der Waals surface area contributed by atoms with Crippen LogP contribution in [-0.4, -0.2) is 31.1 Å². The van der Waals surface area contributed by atoms with Crippen LogP contribution in [0, 0.1) is 18.2 Å². The molecule has 1 aromatic carbocycles. The first-order valence-corrected chi connectivity index (χ1v) is 7.10. The summed E-state index contributed by atoms with van der Waals surface area (Å²) in [5.74, 6) is -0.0796. The van der Waals surface area contributed by atoms with E-state index in [9.17, 15) is 4.39 Å². The fourth-order valence-corrected chi connectivity index (χ4v) is 3.02. The Morgan fingerprint density at radius 1 is 1.20 bits per heavy atom. The van der Waals surface area contributed by atoms with E-state index < -0.39 is 0 Å². The van der Waals surface area contributed by atoms with Crippen molar-refractivity contribution in [1.29, 1.82) is 0 Å². The Morgan fingerprint density at radius 3 is 2.35 bits per heavy atom. The van der Waals surface area contributed by atoms with Gasteiger partial charge in [-0.15, -0.1) is 12.4 Å². The average molecular weight is 301 g/mol. The van der Waals surface area contributed by atoms with Crippen LogP contribution >= 0.6 is 12.4 Å². The zero-order chi connectivity index (χ0) is 14.0. The molecule has 0 amide bonds. The third-order valence-corrected chi connectivity index (χ3v) is 3.78. The summed E-state index contributed by atoms with van der Waals surface area (Å²) in [5, 5.41) is 3.36. The predicted octanol–water partition coefficient (Wildman–Crippen LogP) is 3.55. The Bertz CT molecular complexity index is 437. The molecule has 0 radical (unpaired) electrons. The fourth-order valence-electron chi connectivity index (χ4n) is 3.02. The Hall–Kier alpha value is -0.640. The van der Waals surface area contributed by atoms with E-state index in [-0.39, 0.29) is 29.7 Å². The summed E-state index contributed by atoms with van der Waals surface area (Å²) in [6.07, 6.45) is 0. The normalized spacial score (nSPS) is 18.4. The van der Waals surface area contributed by atoms with Crippen molar-refractivity contribution in [3.05, 3.63) is 35.1 Å². The van der Waals surface area contributed by atoms with Crippen molar-refractivity contribution in [2.24, 2.45) is 5.41 Å². The maximum Gasteiger partial charge on any atom is 0.128 e. The van der Waals surface area contributed by atoms with Crippen molar-refractivity contribution in [1.82, 2.24) is 10.2 Å². The molecule has 1 N–H and O–H groups in total. The topological polar surface area (TPSA) is 15.3 Å². The van der Waals surface area contributed by atoms with Gasteiger partial charge in [0.05, 0.1) is 0 Å². The minimum Gasteiger partial charge on any atom is -0.314 e. The number of hydrogen-bond donors (Lipinski definition) is 1. The molecule has 1 aromatic rings. The number of nitrogens with one attached hydrogen (secondary N) is 1. The maximum absolute atomic E-state index is 14.3. The molecule has 2 rings (SSSR count). The second-order valence-electron chi connectivity index (χ2n) is 6.58. The van der Waals surface area contributed by atoms with Gasteiger partial charge in [-0.25, -0.2) is 4.39 Å². The van der Waals surface area contributed by atoms with E-state index in [0.717, 1.165) is 37.3 Å². The first-order chi connectivity index (χ1) is 8.89. The van der Waals surface area contributed by atoms with Crippen LogP contribution in [0.2, 0.25) is 0 Å². The molecule has 1 heterocycles. The SMILES string of the molecule is Cc1ccc(F)c([C@H](N2CCNCC2)C(C)(C)C)c1.Cl. The summed E-state index contributed by atoms with van der Waals surface area (Å²) in [4.78, 5) is 2.41. The minimum atomic E-state index is -0.0796. The van der Waals surface area contributed by atoms with E-state index in [4.69, 9.17) is 0 Å². The van der Waals surface area contributed by atoms with Crippen LogP contribution in [0.5, 0.6) is 0 Å². The predicted molar refractivity (Wildman–Crippen MR) is 85.0 cm³/mol. The zero-order valence-electron chi connectivity index (χ0n) is 12.9. The number of nitrogens with zero attached hydrogens (tertiary/aromatic N) is 1. The van der Waals surface area contributed by atoms with Crippen molar-refractivity contribution in [3.8, 4) is 0 Å². The number of benzene rings is 1. The van der Waals surface area contributed by atoms with E-state index in [1.807, 2.05) is 19.1 Å². The van der Waals surface area contributed by atoms with Crippen LogP contribution in [-0.2, 0) is 0 Å². The van der Waals surface area contributed by atoms with Crippen LogP contribution in [0.4, 0.5) is 4.39 Å². The second-order valence-corrected chi connectivity index (χ2v) is 6.58. The molecule has 1 aliphatic heterocycles. The van der Waals surface area contributed by atoms with E-state index in [1.54, 1.807) is 6.07 Å². The molecule has 0 unspecified atom stereocenters. The zero-order valence-corrected chi connectivity index (χ0v) is 13.7. The number of halogens is 2. The molecular weight excluding hydrogens is 275 g/mol. The van der Waals surface area contributed by atoms with Gasteiger partial charge in [-0.1, -0.05) is 38.5 Å². The lowest BCUT2D eigenvalue weighted by Crippen LogP contribution is -2.48. The van der Waals surface area contributed by atoms with Gasteiger partial charge in [-0.3, -0.25) is 4.90 Å². The number of rotatable bonds is 2. The summed E-state index contributed by atoms with van der Waals surface area (Å²) in [6.45, 7) is 12.6. The first kappa shape index (κ1) is 17.4. The summed E-state index contributed by atoms with van der Waals surface area (Å²) < 4.78 is 14.3. The summed E-state index contributed by atoms with van der Waals surface area (Å²) in [7, 11) is 0. The van der Waals surface area contributed by atoms with E-state index >= 15 is 0 Å². The van der Waals surface area contributed by atoms with Crippen LogP contribution in [0.1, 0.15) is 37.9 Å². The molecule has 0 bridgehead atoms. The van der Waals surface area contributed by atoms with Crippen LogP contribution in [0.15, 0.2) is 18.2 Å². The first-order valence-electron chi connectivity index (χ1n) is 7.10. The van der Waals surface area contributed by atoms with Crippen LogP contribution in [0.3, 0.4) is 0 Å². The van der Waals surface area contributed by atoms with Crippen LogP contribution in [0.25, 0.3) is 0 Å². The lowest BCUT2D eigenvalue weighted by Gasteiger charge is -2.42. The van der Waals surface area contributed by atoms with Crippen molar-refractivity contribution in [2.75, 3.05) is 26.2 Å². The van der Waals surface area contributed by atoms with Gasteiger partial charge in [0.2, 0.25) is 0 Å². The highest BCUT2D eigenvalue weighted by Crippen LogP contribution is 2.39. The molecule has 4 heteroatoms. The summed E-state index contributed by atoms with van der Waals surface area (Å²) >= 11 is 0. The maximum atomic E-state index is 14.3. The average Bonchev–Trinajstić information content (AvgIpc) is 2.33. The van der Waals surface area contributed by atoms with Gasteiger partial charge in [0.1, 0.15) is 5.82 Å². The molecular formula is C16H26ClFN2. The quantitative estimate of drug-likeness (QED) is 0.898. The van der Waals surface area contributed by atoms with Crippen LogP contribution < -0.4 is 5.32 Å². The highest BCUT2D eigenvalue weighted by molar-refractivity contribution is 5.85. The van der Waals surface area contributed by atoms with Gasteiger partial charge in [-0.05, 0) is 18.4 Å². The summed E-state index contributed by atoms with van der Waals surface area (Å²) in [5.41, 5.74) is 1.99. The van der Waals surface area contributed by atoms with Crippen molar-refractivity contribution in [2.45, 2.75) is 33.7 Å². The molecule has 1 saturated heterocycles. The number of piperazine rings is 1. The lowest BCUT2D eigenvalue weighted by molar-refractivity contribution is 0.0834. The van der Waals surface area contributed by atoms with Crippen molar-refractivity contribution >= 4 is 12.4 Å². The summed E-state index contributed by atoms with van der Waals surface area (Å²) in [6, 6.07) is 5.59. The molecule has 0 aliphatic carbocycles. The third-order valence-electron chi connectivity index (χ3n) is 3.78. The Balaban J connectivity index is 0.00000200. The number of hydrogen-bond acceptors (Lipinski definition) is 2. The molecule has 1 atom stereocenters. The lowest BCUT2D eigenvalue weighted by atomic mass is 9.80. The fraction of sp³-hybridized carbons (Fsp3) is 0.625. The Kier molecular flexibility index (Phi) is 5.99. The van der Waals surface area contributed by atoms with Gasteiger partial charge >= 0.3 is 0 Å². The molecule has 0 aromatic heterocycles. The molecule has 0 spiro atoms. The Morgan fingerprint density at radius 2 is 1.80 bits per heavy atom. The minimum absolute atomic E-state index is 0. The molecule has 1 fully saturated rings. The Labute approximate surface area is 128 Å². The molecule has 2 nitrogen and oxygen atoms in total. The van der Waals surface area contributed by atoms with E-state index in [1.165, 1.54) is 0 Å². The van der Waals surface area contributed by atoms with E-state index in [0.29, 0.717) is 0 Å². The number of aryl methyl sites for hydroxylation is 1. The second kappa shape index (κ2) is 6.88. The van der Waals surface area contributed by atoms with Crippen molar-refractivity contribution in [3.63, 3.8) is 0 Å². The standard InChI is InChI=1S/C16H25FN2.ClH/c1-12-5-6-14(17)13(11-12)15(16(2,3)4)19-9-7-18-8-10-19;/h5-6,11,15,18H,7-10H2,1-4H3;1H/t15-;/m0./s1. The molecule has 114 valence electrons. The highest BCUT2D eigenvalue weighted by Gasteiger charge is 2.34. The highest BCUT2D eigenvalue weighted by atomic mass is 35.5. The largest absolute Gasteiger partial charge is 0.314 e. The van der Waals surface area contributed by atoms with Gasteiger partial charge in [0.25, 0.3) is 0 Å². The molecule has 20 heavy (non-hydrogen) atoms. The monoisotopic (exact) mass is 300 g/mol. The molecule has 1 aliphatic rings. The smallest absolute Gasteiger partial charge is 0.128 e. The van der Waals surface area contributed by atoms with Gasteiger partial charge in [0.15, 0.2) is 0 Å². The molecule has 0 saturated carbocycles. The third kappa shape index (κ3) is 3.94. The van der Waals surface area contributed by atoms with E-state index in [2.05, 4.69) is 31.0 Å². The van der Waals surface area contributed by atoms with Gasteiger partial charge in [-0.2, -0.15) is 0 Å².